The number of amides is 2. The summed E-state index contributed by atoms with van der Waals surface area (Å²) in [5.74, 6) is 0.646. The zero-order valence-electron chi connectivity index (χ0n) is 19.4. The van der Waals surface area contributed by atoms with Gasteiger partial charge in [-0.2, -0.15) is 0 Å². The van der Waals surface area contributed by atoms with Crippen molar-refractivity contribution in [3.63, 3.8) is 0 Å². The summed E-state index contributed by atoms with van der Waals surface area (Å²) < 4.78 is 5.35. The number of likely N-dealkylation sites (tertiary alicyclic amines) is 1. The molecule has 7 heteroatoms. The van der Waals surface area contributed by atoms with E-state index in [4.69, 9.17) is 9.72 Å². The Hall–Kier alpha value is -2.80. The third kappa shape index (κ3) is 4.51. The van der Waals surface area contributed by atoms with Crippen LogP contribution in [0.3, 0.4) is 0 Å². The number of piperidine rings is 1. The summed E-state index contributed by atoms with van der Waals surface area (Å²) in [7, 11) is 0. The quantitative estimate of drug-likeness (QED) is 0.718. The first-order valence-electron chi connectivity index (χ1n) is 12.2. The molecule has 1 aromatic carbocycles. The maximum absolute atomic E-state index is 13.5. The number of fused-ring (bicyclic) bond motifs is 1. The number of aromatic nitrogens is 2. The van der Waals surface area contributed by atoms with Gasteiger partial charge in [0.15, 0.2) is 5.82 Å². The molecule has 174 valence electrons. The number of ether oxygens (including phenoxy) is 1. The second kappa shape index (κ2) is 9.59. The van der Waals surface area contributed by atoms with E-state index in [0.29, 0.717) is 49.9 Å². The van der Waals surface area contributed by atoms with Gasteiger partial charge in [0.25, 0.3) is 11.8 Å². The fourth-order valence-electron chi connectivity index (χ4n) is 5.27. The van der Waals surface area contributed by atoms with Crippen LogP contribution in [0.1, 0.15) is 81.5 Å². The van der Waals surface area contributed by atoms with Crippen molar-refractivity contribution in [2.24, 2.45) is 0 Å². The zero-order valence-corrected chi connectivity index (χ0v) is 19.4. The van der Waals surface area contributed by atoms with E-state index in [1.165, 1.54) is 24.0 Å². The van der Waals surface area contributed by atoms with Gasteiger partial charge < -0.3 is 14.5 Å². The Morgan fingerprint density at radius 2 is 1.76 bits per heavy atom. The maximum atomic E-state index is 13.5. The molecule has 5 rings (SSSR count). The molecule has 0 unspecified atom stereocenters. The van der Waals surface area contributed by atoms with Gasteiger partial charge in [-0.3, -0.25) is 9.59 Å². The van der Waals surface area contributed by atoms with Gasteiger partial charge >= 0.3 is 0 Å². The Morgan fingerprint density at radius 3 is 2.55 bits per heavy atom. The molecular weight excluding hydrogens is 416 g/mol. The molecule has 2 amide bonds. The maximum Gasteiger partial charge on any atom is 0.257 e. The number of hydrogen-bond acceptors (Lipinski definition) is 5. The number of aryl methyl sites for hydroxylation is 3. The molecule has 2 fully saturated rings. The topological polar surface area (TPSA) is 75.6 Å². The number of morpholine rings is 1. The second-order valence-electron chi connectivity index (χ2n) is 9.33. The summed E-state index contributed by atoms with van der Waals surface area (Å²) in [4.78, 5) is 39.5. The van der Waals surface area contributed by atoms with Gasteiger partial charge in [0, 0.05) is 31.4 Å². The van der Waals surface area contributed by atoms with Gasteiger partial charge in [-0.15, -0.1) is 0 Å². The van der Waals surface area contributed by atoms with Crippen LogP contribution in [0.5, 0.6) is 0 Å². The van der Waals surface area contributed by atoms with E-state index in [2.05, 4.69) is 17.1 Å². The van der Waals surface area contributed by atoms with Gasteiger partial charge in [-0.05, 0) is 75.1 Å². The van der Waals surface area contributed by atoms with Crippen molar-refractivity contribution in [2.45, 2.75) is 57.9 Å². The van der Waals surface area contributed by atoms with Crippen molar-refractivity contribution >= 4 is 11.8 Å². The molecular formula is C26H32N4O3. The fourth-order valence-corrected chi connectivity index (χ4v) is 5.27. The van der Waals surface area contributed by atoms with Crippen LogP contribution in [0.15, 0.2) is 24.4 Å². The largest absolute Gasteiger partial charge is 0.378 e. The van der Waals surface area contributed by atoms with Gasteiger partial charge in [-0.25, -0.2) is 9.97 Å². The van der Waals surface area contributed by atoms with Gasteiger partial charge in [0.1, 0.15) is 0 Å². The normalized spacial score (nSPS) is 20.9. The van der Waals surface area contributed by atoms with E-state index < -0.39 is 0 Å². The van der Waals surface area contributed by atoms with Crippen LogP contribution < -0.4 is 0 Å². The number of benzene rings is 1. The molecule has 0 radical (unpaired) electrons. The predicted octanol–water partition coefficient (Wildman–Crippen LogP) is 3.50. The SMILES string of the molecule is Cc1nc([C@H]2CCCCN2C(=O)c2ccc3c(c2)CCCC3)ncc1C(=O)N1CCOCC1. The monoisotopic (exact) mass is 448 g/mol. The Balaban J connectivity index is 1.37. The lowest BCUT2D eigenvalue weighted by Gasteiger charge is -2.35. The number of nitrogens with zero attached hydrogens (tertiary/aromatic N) is 4. The third-order valence-electron chi connectivity index (χ3n) is 7.18. The van der Waals surface area contributed by atoms with Crippen molar-refractivity contribution in [3.05, 3.63) is 58.2 Å². The highest BCUT2D eigenvalue weighted by Gasteiger charge is 2.32. The molecule has 1 atom stereocenters. The Kier molecular flexibility index (Phi) is 6.40. The summed E-state index contributed by atoms with van der Waals surface area (Å²) in [6, 6.07) is 6.05. The molecule has 1 aromatic heterocycles. The minimum atomic E-state index is -0.159. The summed E-state index contributed by atoms with van der Waals surface area (Å²) in [6.07, 6.45) is 9.10. The van der Waals surface area contributed by atoms with Crippen LogP contribution in [0.4, 0.5) is 0 Å². The fraction of sp³-hybridized carbons (Fsp3) is 0.538. The predicted molar refractivity (Wildman–Crippen MR) is 124 cm³/mol. The smallest absolute Gasteiger partial charge is 0.257 e. The van der Waals surface area contributed by atoms with E-state index in [1.807, 2.05) is 17.9 Å². The zero-order chi connectivity index (χ0) is 22.8. The number of carbonyl (C=O) groups is 2. The first-order chi connectivity index (χ1) is 16.1. The van der Waals surface area contributed by atoms with Crippen molar-refractivity contribution in [1.82, 2.24) is 19.8 Å². The minimum absolute atomic E-state index is 0.0482. The summed E-state index contributed by atoms with van der Waals surface area (Å²) in [5.41, 5.74) is 4.66. The Morgan fingerprint density at radius 1 is 0.970 bits per heavy atom. The summed E-state index contributed by atoms with van der Waals surface area (Å²) in [6.45, 7) is 4.86. The highest BCUT2D eigenvalue weighted by Crippen LogP contribution is 2.31. The summed E-state index contributed by atoms with van der Waals surface area (Å²) >= 11 is 0. The highest BCUT2D eigenvalue weighted by molar-refractivity contribution is 5.95. The van der Waals surface area contributed by atoms with Crippen molar-refractivity contribution in [1.29, 1.82) is 0 Å². The molecule has 3 heterocycles. The molecule has 0 saturated carbocycles. The lowest BCUT2D eigenvalue weighted by molar-refractivity contribution is 0.0301. The number of rotatable bonds is 3. The first-order valence-corrected chi connectivity index (χ1v) is 12.2. The second-order valence-corrected chi connectivity index (χ2v) is 9.33. The van der Waals surface area contributed by atoms with E-state index in [1.54, 1.807) is 11.1 Å². The van der Waals surface area contributed by atoms with E-state index >= 15 is 0 Å². The van der Waals surface area contributed by atoms with Crippen LogP contribution in [-0.4, -0.2) is 64.4 Å². The lowest BCUT2D eigenvalue weighted by atomic mass is 9.90. The number of hydrogen-bond donors (Lipinski definition) is 0. The van der Waals surface area contributed by atoms with Gasteiger partial charge in [0.2, 0.25) is 0 Å². The van der Waals surface area contributed by atoms with Crippen molar-refractivity contribution in [3.8, 4) is 0 Å². The van der Waals surface area contributed by atoms with E-state index in [-0.39, 0.29) is 17.9 Å². The molecule has 2 saturated heterocycles. The Labute approximate surface area is 195 Å². The van der Waals surface area contributed by atoms with Crippen LogP contribution in [-0.2, 0) is 17.6 Å². The van der Waals surface area contributed by atoms with Crippen LogP contribution >= 0.6 is 0 Å². The summed E-state index contributed by atoms with van der Waals surface area (Å²) in [5, 5.41) is 0. The molecule has 0 spiro atoms. The van der Waals surface area contributed by atoms with E-state index in [0.717, 1.165) is 37.7 Å². The van der Waals surface area contributed by atoms with Crippen molar-refractivity contribution < 1.29 is 14.3 Å². The lowest BCUT2D eigenvalue weighted by Crippen LogP contribution is -2.41. The third-order valence-corrected chi connectivity index (χ3v) is 7.18. The van der Waals surface area contributed by atoms with Crippen LogP contribution in [0, 0.1) is 6.92 Å². The minimum Gasteiger partial charge on any atom is -0.378 e. The Bertz CT molecular complexity index is 1050. The first kappa shape index (κ1) is 22.0. The molecule has 33 heavy (non-hydrogen) atoms. The molecule has 1 aliphatic carbocycles. The van der Waals surface area contributed by atoms with Gasteiger partial charge in [-0.1, -0.05) is 6.07 Å². The molecule has 7 nitrogen and oxygen atoms in total. The average molecular weight is 449 g/mol. The van der Waals surface area contributed by atoms with Crippen molar-refractivity contribution in [2.75, 3.05) is 32.8 Å². The molecule has 3 aliphatic rings. The average Bonchev–Trinajstić information content (AvgIpc) is 2.88. The van der Waals surface area contributed by atoms with Gasteiger partial charge in [0.05, 0.1) is 30.5 Å². The molecule has 0 N–H and O–H groups in total. The standard InChI is InChI=1S/C26H32N4O3/c1-18-22(26(32)29-12-14-33-15-13-29)17-27-24(28-18)23-8-4-5-11-30(23)25(31)21-10-9-19-6-2-3-7-20(19)16-21/h9-10,16-17,23H,2-8,11-15H2,1H3/t23-/m1/s1. The van der Waals surface area contributed by atoms with Crippen LogP contribution in [0.2, 0.25) is 0 Å². The molecule has 0 bridgehead atoms. The number of carbonyl (C=O) groups excluding carboxylic acids is 2. The van der Waals surface area contributed by atoms with E-state index in [9.17, 15) is 9.59 Å². The van der Waals surface area contributed by atoms with Crippen LogP contribution in [0.25, 0.3) is 0 Å². The highest BCUT2D eigenvalue weighted by atomic mass is 16.5. The molecule has 2 aromatic rings. The molecule has 2 aliphatic heterocycles.